The van der Waals surface area contributed by atoms with Gasteiger partial charge in [0.1, 0.15) is 0 Å². The van der Waals surface area contributed by atoms with E-state index in [4.69, 9.17) is 0 Å². The molecule has 2 heteroatoms. The maximum Gasteiger partial charge on any atom is 0.0825 e. The Bertz CT molecular complexity index is 971. The van der Waals surface area contributed by atoms with Gasteiger partial charge in [-0.1, -0.05) is 127 Å². The molecule has 4 rings (SSSR count). The Hall–Kier alpha value is -2.86. The quantitative estimate of drug-likeness (QED) is 0.459. The van der Waals surface area contributed by atoms with E-state index in [-0.39, 0.29) is 0 Å². The Morgan fingerprint density at radius 3 is 1.28 bits per heavy atom. The molecule has 4 aromatic carbocycles. The van der Waals surface area contributed by atoms with Crippen molar-refractivity contribution in [2.45, 2.75) is 12.5 Å². The highest BCUT2D eigenvalue weighted by Crippen LogP contribution is 2.44. The van der Waals surface area contributed by atoms with Crippen LogP contribution in [0.2, 0.25) is 0 Å². The second-order valence-electron chi connectivity index (χ2n) is 7.07. The largest absolute Gasteiger partial charge is 0.388 e. The molecular formula is C27H25OP. The maximum atomic E-state index is 10.9. The molecular weight excluding hydrogens is 371 g/mol. The van der Waals surface area contributed by atoms with Crippen LogP contribution in [0.15, 0.2) is 121 Å². The zero-order valence-electron chi connectivity index (χ0n) is 16.3. The van der Waals surface area contributed by atoms with Crippen LogP contribution in [-0.4, -0.2) is 10.9 Å². The summed E-state index contributed by atoms with van der Waals surface area (Å²) < 4.78 is 0. The smallest absolute Gasteiger partial charge is 0.0825 e. The summed E-state index contributed by atoms with van der Waals surface area (Å²) in [4.78, 5) is 0. The minimum absolute atomic E-state index is 0.522. The molecule has 0 saturated heterocycles. The molecule has 1 N–H and O–H groups in total. The van der Waals surface area contributed by atoms with E-state index in [1.807, 2.05) is 30.3 Å². The molecule has 0 aromatic heterocycles. The monoisotopic (exact) mass is 396 g/mol. The lowest BCUT2D eigenvalue weighted by molar-refractivity contribution is 0.188. The molecule has 1 nitrogen and oxygen atoms in total. The third kappa shape index (κ3) is 4.12. The summed E-state index contributed by atoms with van der Waals surface area (Å²) in [6, 6.07) is 42.1. The number of hydrogen-bond acceptors (Lipinski definition) is 1. The van der Waals surface area contributed by atoms with Crippen molar-refractivity contribution in [3.63, 3.8) is 0 Å². The minimum Gasteiger partial charge on any atom is -0.388 e. The first-order valence-corrected chi connectivity index (χ1v) is 11.8. The topological polar surface area (TPSA) is 20.2 Å². The van der Waals surface area contributed by atoms with Gasteiger partial charge in [-0.25, -0.2) is 0 Å². The number of aliphatic hydroxyl groups is 1. The third-order valence-electron chi connectivity index (χ3n) is 5.28. The van der Waals surface area contributed by atoms with Gasteiger partial charge in [0.2, 0.25) is 0 Å². The van der Waals surface area contributed by atoms with Crippen molar-refractivity contribution in [2.24, 2.45) is 0 Å². The Kier molecular flexibility index (Phi) is 6.10. The maximum absolute atomic E-state index is 10.9. The first-order chi connectivity index (χ1) is 14.3. The van der Waals surface area contributed by atoms with Crippen LogP contribution in [0.5, 0.6) is 0 Å². The summed E-state index contributed by atoms with van der Waals surface area (Å²) >= 11 is 0. The number of hydrogen-bond donors (Lipinski definition) is 1. The Morgan fingerprint density at radius 1 is 0.552 bits per heavy atom. The van der Waals surface area contributed by atoms with Gasteiger partial charge in [-0.05, 0) is 34.8 Å². The van der Waals surface area contributed by atoms with Crippen molar-refractivity contribution < 1.29 is 5.11 Å². The molecule has 144 valence electrons. The van der Waals surface area contributed by atoms with Crippen LogP contribution in [0.4, 0.5) is 0 Å². The highest BCUT2D eigenvalue weighted by Gasteiger charge is 2.25. The number of rotatable bonds is 6. The van der Waals surface area contributed by atoms with Crippen molar-refractivity contribution >= 4 is 28.6 Å². The minimum atomic E-state index is -2.01. The molecule has 0 spiro atoms. The fourth-order valence-corrected chi connectivity index (χ4v) is 7.79. The Balaban J connectivity index is 1.93. The summed E-state index contributed by atoms with van der Waals surface area (Å²) in [7, 11) is 0. The summed E-state index contributed by atoms with van der Waals surface area (Å²) in [5, 5.41) is 14.8. The fourth-order valence-electron chi connectivity index (χ4n) is 3.82. The van der Waals surface area contributed by atoms with Crippen LogP contribution in [0.3, 0.4) is 0 Å². The normalized spacial score (nSPS) is 12.3. The Morgan fingerprint density at radius 2 is 0.897 bits per heavy atom. The van der Waals surface area contributed by atoms with Crippen molar-refractivity contribution in [1.29, 1.82) is 0 Å². The lowest BCUT2D eigenvalue weighted by Gasteiger charge is -2.29. The van der Waals surface area contributed by atoms with Gasteiger partial charge in [0.05, 0.1) is 6.10 Å². The highest BCUT2D eigenvalue weighted by molar-refractivity contribution is 7.94. The van der Waals surface area contributed by atoms with E-state index in [0.29, 0.717) is 6.42 Å². The molecule has 1 atom stereocenters. The zero-order valence-corrected chi connectivity index (χ0v) is 17.2. The van der Waals surface area contributed by atoms with E-state index in [2.05, 4.69) is 96.8 Å². The summed E-state index contributed by atoms with van der Waals surface area (Å²) in [5.41, 5.74) is 0.955. The van der Waals surface area contributed by atoms with Crippen LogP contribution >= 0.6 is 6.89 Å². The number of benzene rings is 4. The molecule has 0 saturated carbocycles. The predicted octanol–water partition coefficient (Wildman–Crippen LogP) is 4.91. The van der Waals surface area contributed by atoms with Crippen LogP contribution in [0, 0.1) is 0 Å². The molecule has 1 unspecified atom stereocenters. The first-order valence-electron chi connectivity index (χ1n) is 9.94. The van der Waals surface area contributed by atoms with Crippen molar-refractivity contribution in [3.05, 3.63) is 127 Å². The molecule has 0 radical (unpaired) electrons. The van der Waals surface area contributed by atoms with Crippen molar-refractivity contribution in [2.75, 3.05) is 0 Å². The average Bonchev–Trinajstić information content (AvgIpc) is 2.82. The lowest BCUT2D eigenvalue weighted by Crippen LogP contribution is -2.27. The predicted molar refractivity (Wildman–Crippen MR) is 127 cm³/mol. The highest BCUT2D eigenvalue weighted by atomic mass is 31.2. The first kappa shape index (κ1) is 19.5. The van der Waals surface area contributed by atoms with Gasteiger partial charge in [-0.3, -0.25) is 0 Å². The molecule has 4 aromatic rings. The van der Waals surface area contributed by atoms with E-state index in [1.165, 1.54) is 15.9 Å². The molecule has 0 aliphatic heterocycles. The number of aliphatic hydroxyl groups excluding tert-OH is 1. The van der Waals surface area contributed by atoms with Crippen LogP contribution in [0.1, 0.15) is 18.1 Å². The van der Waals surface area contributed by atoms with Crippen molar-refractivity contribution in [3.8, 4) is 0 Å². The van der Waals surface area contributed by atoms with Gasteiger partial charge in [0.25, 0.3) is 0 Å². The molecule has 0 bridgehead atoms. The van der Waals surface area contributed by atoms with Gasteiger partial charge < -0.3 is 5.11 Å². The summed E-state index contributed by atoms with van der Waals surface area (Å²) in [6.07, 6.45) is 0.0722. The van der Waals surface area contributed by atoms with Gasteiger partial charge in [-0.2, -0.15) is 0 Å². The Labute approximate surface area is 173 Å². The van der Waals surface area contributed by atoms with Crippen LogP contribution in [0.25, 0.3) is 0 Å². The SMILES string of the molecule is OC(CC=P(c1ccccc1)(c1ccccc1)c1ccccc1)c1ccccc1. The molecule has 0 aliphatic carbocycles. The van der Waals surface area contributed by atoms with E-state index >= 15 is 0 Å². The van der Waals surface area contributed by atoms with Gasteiger partial charge in [0, 0.05) is 0 Å². The molecule has 0 aliphatic rings. The summed E-state index contributed by atoms with van der Waals surface area (Å²) in [6.45, 7) is -2.01. The third-order valence-corrected chi connectivity index (χ3v) is 9.37. The van der Waals surface area contributed by atoms with E-state index < -0.39 is 13.0 Å². The van der Waals surface area contributed by atoms with Gasteiger partial charge >= 0.3 is 0 Å². The second-order valence-corrected chi connectivity index (χ2v) is 10.4. The van der Waals surface area contributed by atoms with E-state index in [9.17, 15) is 5.11 Å². The van der Waals surface area contributed by atoms with Crippen LogP contribution < -0.4 is 15.9 Å². The zero-order chi connectivity index (χ0) is 19.9. The van der Waals surface area contributed by atoms with Crippen LogP contribution in [-0.2, 0) is 0 Å². The molecule has 0 heterocycles. The summed E-state index contributed by atoms with van der Waals surface area (Å²) in [5.74, 6) is 2.38. The van der Waals surface area contributed by atoms with Gasteiger partial charge in [-0.15, -0.1) is 0 Å². The van der Waals surface area contributed by atoms with E-state index in [0.717, 1.165) is 5.56 Å². The molecule has 0 amide bonds. The van der Waals surface area contributed by atoms with E-state index in [1.54, 1.807) is 0 Å². The molecule has 0 fully saturated rings. The lowest BCUT2D eigenvalue weighted by atomic mass is 10.1. The molecule has 29 heavy (non-hydrogen) atoms. The second kappa shape index (κ2) is 9.09. The standard InChI is InChI=1S/C27H25OP/c28-27(23-13-5-1-6-14-23)21-22-29(24-15-7-2-8-16-24,25-17-9-3-10-18-25)26-19-11-4-12-20-26/h1-20,22,27-28H,21H2. The fraction of sp³-hybridized carbons (Fsp3) is 0.0741. The average molecular weight is 396 g/mol. The van der Waals surface area contributed by atoms with Crippen molar-refractivity contribution in [1.82, 2.24) is 0 Å². The van der Waals surface area contributed by atoms with Gasteiger partial charge in [0.15, 0.2) is 0 Å².